The van der Waals surface area contributed by atoms with Gasteiger partial charge in [0, 0.05) is 38.1 Å². The highest BCUT2D eigenvalue weighted by atomic mass is 16.7. The summed E-state index contributed by atoms with van der Waals surface area (Å²) in [4.78, 5) is 20.2. The summed E-state index contributed by atoms with van der Waals surface area (Å²) in [6, 6.07) is 11.2. The van der Waals surface area contributed by atoms with E-state index in [9.17, 15) is 20.2 Å². The van der Waals surface area contributed by atoms with Gasteiger partial charge in [0.25, 0.3) is 11.4 Å². The minimum absolute atomic E-state index is 0.0357. The zero-order chi connectivity index (χ0) is 17.0. The molecule has 0 spiro atoms. The number of hydrogen-bond acceptors (Lipinski definition) is 6. The van der Waals surface area contributed by atoms with Gasteiger partial charge in [-0.05, 0) is 24.3 Å². The first-order valence-electron chi connectivity index (χ1n) is 6.64. The molecule has 0 aromatic heterocycles. The lowest BCUT2D eigenvalue weighted by molar-refractivity contribution is -0.385. The van der Waals surface area contributed by atoms with Gasteiger partial charge in [-0.3, -0.25) is 20.2 Å². The van der Waals surface area contributed by atoms with Crippen LogP contribution in [-0.4, -0.2) is 15.6 Å². The van der Waals surface area contributed by atoms with Crippen LogP contribution in [0.15, 0.2) is 48.5 Å². The van der Waals surface area contributed by atoms with E-state index in [1.54, 1.807) is 13.8 Å². The number of ether oxygens (including phenoxy) is 2. The zero-order valence-electron chi connectivity index (χ0n) is 12.5. The van der Waals surface area contributed by atoms with Crippen LogP contribution in [-0.2, 0) is 0 Å². The van der Waals surface area contributed by atoms with E-state index in [4.69, 9.17) is 9.47 Å². The number of non-ortho nitro benzene ring substituents is 2. The van der Waals surface area contributed by atoms with Crippen LogP contribution in [0.2, 0.25) is 0 Å². The molecule has 0 heterocycles. The van der Waals surface area contributed by atoms with Gasteiger partial charge in [-0.2, -0.15) is 0 Å². The summed E-state index contributed by atoms with van der Waals surface area (Å²) in [6.07, 6.45) is 0. The van der Waals surface area contributed by atoms with E-state index >= 15 is 0 Å². The monoisotopic (exact) mass is 318 g/mol. The summed E-state index contributed by atoms with van der Waals surface area (Å²) in [7, 11) is 0. The van der Waals surface area contributed by atoms with Crippen LogP contribution in [0.4, 0.5) is 11.4 Å². The van der Waals surface area contributed by atoms with Crippen molar-refractivity contribution < 1.29 is 19.3 Å². The number of nitro benzene ring substituents is 2. The van der Waals surface area contributed by atoms with Gasteiger partial charge in [0.05, 0.1) is 9.85 Å². The van der Waals surface area contributed by atoms with Crippen LogP contribution in [0, 0.1) is 20.2 Å². The van der Waals surface area contributed by atoms with E-state index in [0.717, 1.165) is 0 Å². The molecule has 0 unspecified atom stereocenters. The van der Waals surface area contributed by atoms with Gasteiger partial charge < -0.3 is 9.47 Å². The van der Waals surface area contributed by atoms with E-state index in [1.807, 2.05) is 0 Å². The van der Waals surface area contributed by atoms with Crippen molar-refractivity contribution in [3.05, 3.63) is 68.8 Å². The Hall–Kier alpha value is -3.16. The first-order chi connectivity index (χ1) is 10.8. The normalized spacial score (nSPS) is 10.9. The Labute approximate surface area is 131 Å². The number of benzene rings is 2. The van der Waals surface area contributed by atoms with Crippen molar-refractivity contribution in [1.82, 2.24) is 0 Å². The second-order valence-electron chi connectivity index (χ2n) is 5.11. The fourth-order valence-electron chi connectivity index (χ4n) is 1.86. The fraction of sp³-hybridized carbons (Fsp3) is 0.200. The van der Waals surface area contributed by atoms with Crippen LogP contribution in [0.25, 0.3) is 0 Å². The number of hydrogen-bond donors (Lipinski definition) is 0. The molecule has 2 aromatic carbocycles. The third-order valence-corrected chi connectivity index (χ3v) is 2.82. The summed E-state index contributed by atoms with van der Waals surface area (Å²) < 4.78 is 11.3. The highest BCUT2D eigenvalue weighted by Gasteiger charge is 2.22. The lowest BCUT2D eigenvalue weighted by Gasteiger charge is -2.27. The van der Waals surface area contributed by atoms with Crippen LogP contribution in [0.5, 0.6) is 11.5 Å². The molecule has 8 heteroatoms. The molecule has 0 aliphatic rings. The van der Waals surface area contributed by atoms with Crippen molar-refractivity contribution in [1.29, 1.82) is 0 Å². The Morgan fingerprint density at radius 1 is 0.739 bits per heavy atom. The molecular formula is C15H14N2O6. The molecule has 23 heavy (non-hydrogen) atoms. The van der Waals surface area contributed by atoms with Gasteiger partial charge in [0.1, 0.15) is 11.5 Å². The third-order valence-electron chi connectivity index (χ3n) is 2.82. The van der Waals surface area contributed by atoms with Gasteiger partial charge in [0.2, 0.25) is 5.79 Å². The summed E-state index contributed by atoms with van der Waals surface area (Å²) in [5.41, 5.74) is -0.0714. The van der Waals surface area contributed by atoms with E-state index in [0.29, 0.717) is 11.5 Å². The summed E-state index contributed by atoms with van der Waals surface area (Å²) in [5.74, 6) is -0.253. The fourth-order valence-corrected chi connectivity index (χ4v) is 1.86. The average Bonchev–Trinajstić information content (AvgIpc) is 2.47. The molecule has 0 aliphatic heterocycles. The summed E-state index contributed by atoms with van der Waals surface area (Å²) in [6.45, 7) is 3.33. The molecule has 2 rings (SSSR count). The number of rotatable bonds is 6. The Morgan fingerprint density at radius 2 is 1.04 bits per heavy atom. The molecule has 0 atom stereocenters. The first kappa shape index (κ1) is 16.2. The van der Waals surface area contributed by atoms with E-state index in [1.165, 1.54) is 48.5 Å². The van der Waals surface area contributed by atoms with Crippen molar-refractivity contribution in [2.75, 3.05) is 0 Å². The summed E-state index contributed by atoms with van der Waals surface area (Å²) in [5, 5.41) is 21.2. The van der Waals surface area contributed by atoms with Crippen LogP contribution in [0.1, 0.15) is 13.8 Å². The second-order valence-corrected chi connectivity index (χ2v) is 5.11. The third kappa shape index (κ3) is 4.40. The zero-order valence-corrected chi connectivity index (χ0v) is 12.5. The second kappa shape index (κ2) is 6.30. The Bertz CT molecular complexity index is 648. The van der Waals surface area contributed by atoms with Crippen LogP contribution < -0.4 is 9.47 Å². The minimum Gasteiger partial charge on any atom is -0.453 e. The highest BCUT2D eigenvalue weighted by Crippen LogP contribution is 2.25. The van der Waals surface area contributed by atoms with E-state index < -0.39 is 15.6 Å². The van der Waals surface area contributed by atoms with Crippen molar-refractivity contribution in [3.63, 3.8) is 0 Å². The molecule has 0 aliphatic carbocycles. The van der Waals surface area contributed by atoms with Crippen molar-refractivity contribution in [3.8, 4) is 11.5 Å². The van der Waals surface area contributed by atoms with Crippen molar-refractivity contribution >= 4 is 11.4 Å². The number of nitro groups is 2. The average molecular weight is 318 g/mol. The largest absolute Gasteiger partial charge is 0.453 e. The smallest absolute Gasteiger partial charge is 0.269 e. The molecular weight excluding hydrogens is 304 g/mol. The molecule has 0 N–H and O–H groups in total. The first-order valence-corrected chi connectivity index (χ1v) is 6.64. The molecule has 0 bridgehead atoms. The Kier molecular flexibility index (Phi) is 4.44. The minimum atomic E-state index is -1.06. The molecule has 8 nitrogen and oxygen atoms in total. The lowest BCUT2D eigenvalue weighted by Crippen LogP contribution is -2.35. The van der Waals surface area contributed by atoms with Gasteiger partial charge in [-0.15, -0.1) is 0 Å². The predicted molar refractivity (Wildman–Crippen MR) is 81.5 cm³/mol. The van der Waals surface area contributed by atoms with Crippen molar-refractivity contribution in [2.45, 2.75) is 19.6 Å². The quantitative estimate of drug-likeness (QED) is 0.457. The molecule has 0 fully saturated rings. The van der Waals surface area contributed by atoms with Crippen LogP contribution in [0.3, 0.4) is 0 Å². The SMILES string of the molecule is CC(C)(Oc1ccc([N+](=O)[O-])cc1)Oc1ccc([N+](=O)[O-])cc1. The van der Waals surface area contributed by atoms with E-state index in [-0.39, 0.29) is 11.4 Å². The molecule has 0 radical (unpaired) electrons. The molecule has 0 saturated heterocycles. The highest BCUT2D eigenvalue weighted by molar-refractivity contribution is 5.37. The standard InChI is InChI=1S/C15H14N2O6/c1-15(2,22-13-7-3-11(4-8-13)16(18)19)23-14-9-5-12(6-10-14)17(20)21/h3-10H,1-2H3. The number of nitrogens with zero attached hydrogens (tertiary/aromatic N) is 2. The molecule has 120 valence electrons. The molecule has 0 saturated carbocycles. The Balaban J connectivity index is 2.06. The summed E-state index contributed by atoms with van der Waals surface area (Å²) >= 11 is 0. The maximum atomic E-state index is 10.6. The van der Waals surface area contributed by atoms with Crippen LogP contribution >= 0.6 is 0 Å². The van der Waals surface area contributed by atoms with Gasteiger partial charge >= 0.3 is 0 Å². The predicted octanol–water partition coefficient (Wildman–Crippen LogP) is 3.70. The lowest BCUT2D eigenvalue weighted by atomic mass is 10.3. The molecule has 2 aromatic rings. The maximum Gasteiger partial charge on any atom is 0.269 e. The molecule has 0 amide bonds. The van der Waals surface area contributed by atoms with Crippen molar-refractivity contribution in [2.24, 2.45) is 0 Å². The van der Waals surface area contributed by atoms with Gasteiger partial charge in [-0.25, -0.2) is 0 Å². The maximum absolute atomic E-state index is 10.6. The van der Waals surface area contributed by atoms with Gasteiger partial charge in [0.15, 0.2) is 0 Å². The van der Waals surface area contributed by atoms with Gasteiger partial charge in [-0.1, -0.05) is 0 Å². The topological polar surface area (TPSA) is 105 Å². The van der Waals surface area contributed by atoms with E-state index in [2.05, 4.69) is 0 Å². The Morgan fingerprint density at radius 3 is 1.30 bits per heavy atom.